The van der Waals surface area contributed by atoms with Crippen molar-refractivity contribution in [3.05, 3.63) is 0 Å². The Balaban J connectivity index is -0.000000122. The van der Waals surface area contributed by atoms with Crippen LogP contribution in [0.5, 0.6) is 0 Å². The van der Waals surface area contributed by atoms with Gasteiger partial charge in [-0.15, -0.1) is 0 Å². The molecular weight excluding hydrogens is 587 g/mol. The van der Waals surface area contributed by atoms with E-state index < -0.39 is 29.9 Å². The zero-order valence-electron chi connectivity index (χ0n) is 23.9. The maximum Gasteiger partial charge on any atom is 4.00 e. The van der Waals surface area contributed by atoms with Crippen LogP contribution >= 0.6 is 0 Å². The Morgan fingerprint density at radius 3 is 0.921 bits per heavy atom. The summed E-state index contributed by atoms with van der Waals surface area (Å²) >= 11 is 0. The van der Waals surface area contributed by atoms with Crippen molar-refractivity contribution in [1.82, 2.24) is 0 Å². The number of hydrogen-bond acceptors (Lipinski definition) is 13. The maximum atomic E-state index is 11.1. The van der Waals surface area contributed by atoms with Crippen LogP contribution in [0.3, 0.4) is 0 Å². The van der Waals surface area contributed by atoms with Gasteiger partial charge in [-0.05, 0) is 47.0 Å². The maximum absolute atomic E-state index is 11.1. The van der Waals surface area contributed by atoms with E-state index >= 15 is 0 Å². The van der Waals surface area contributed by atoms with Crippen molar-refractivity contribution in [3.63, 3.8) is 0 Å². The average Bonchev–Trinajstić information content (AvgIpc) is 2.71. The number of aliphatic carboxylic acids is 4. The first kappa shape index (κ1) is 49.1. The number of esters is 1. The van der Waals surface area contributed by atoms with E-state index in [1.54, 1.807) is 0 Å². The van der Waals surface area contributed by atoms with Gasteiger partial charge in [0.05, 0.1) is 19.8 Å². The first-order valence-corrected chi connectivity index (χ1v) is 11.8. The molecule has 0 rings (SSSR count). The molecule has 0 aromatic carbocycles. The van der Waals surface area contributed by atoms with Crippen LogP contribution in [-0.4, -0.2) is 62.2 Å². The van der Waals surface area contributed by atoms with Gasteiger partial charge in [0.2, 0.25) is 0 Å². The minimum Gasteiger partial charge on any atom is -0.550 e. The van der Waals surface area contributed by atoms with E-state index in [0.29, 0.717) is 19.8 Å². The number of carboxylic acids is 4. The largest absolute Gasteiger partial charge is 4.00 e. The van der Waals surface area contributed by atoms with E-state index in [4.69, 9.17) is 58.6 Å². The third-order valence-corrected chi connectivity index (χ3v) is 2.91. The Morgan fingerprint density at radius 1 is 0.553 bits per heavy atom. The SMILES string of the molecule is CC(=O)[O-].CC(=O)[O-].CC(=O)[O-].CC(=O)[O-].CCCCOC(COC(C)=O)(OCCCC)OCCCC.[Zr+4]. The predicted molar refractivity (Wildman–Crippen MR) is 125 cm³/mol. The summed E-state index contributed by atoms with van der Waals surface area (Å²) in [5.74, 6) is -5.96. The summed E-state index contributed by atoms with van der Waals surface area (Å²) in [6, 6.07) is 0. The summed E-state index contributed by atoms with van der Waals surface area (Å²) < 4.78 is 22.5. The zero-order valence-corrected chi connectivity index (χ0v) is 26.3. The number of hydrogen-bond donors (Lipinski definition) is 0. The van der Waals surface area contributed by atoms with Crippen LogP contribution in [0.4, 0.5) is 0 Å². The zero-order chi connectivity index (χ0) is 30.3. The molecule has 0 saturated carbocycles. The van der Waals surface area contributed by atoms with E-state index in [1.807, 2.05) is 0 Å². The average molecular weight is 632 g/mol. The molecule has 0 heterocycles. The van der Waals surface area contributed by atoms with Crippen LogP contribution in [0.25, 0.3) is 0 Å². The fraction of sp³-hybridized carbons (Fsp3) is 0.792. The predicted octanol–water partition coefficient (Wildman–Crippen LogP) is -1.32. The topological polar surface area (TPSA) is 215 Å². The molecule has 13 nitrogen and oxygen atoms in total. The smallest absolute Gasteiger partial charge is 0.550 e. The normalized spacial score (nSPS) is 9.05. The van der Waals surface area contributed by atoms with Crippen LogP contribution in [0, 0.1) is 0 Å². The Hall–Kier alpha value is -1.89. The number of carbonyl (C=O) groups excluding carboxylic acids is 5. The molecule has 0 saturated heterocycles. The summed E-state index contributed by atoms with van der Waals surface area (Å²) in [7, 11) is 0. The van der Waals surface area contributed by atoms with Crippen LogP contribution in [-0.2, 0) is 69.1 Å². The second-order valence-electron chi connectivity index (χ2n) is 7.04. The standard InChI is InChI=1S/C16H32O5.4C2H4O2.Zr/c1-5-8-11-19-16(14-18-15(4)17,20-12-9-6-2)21-13-10-7-3;4*1-2(3)4;/h5-14H2,1-4H3;4*1H3,(H,3,4);/q;;;;;+4/p-4. The van der Waals surface area contributed by atoms with Gasteiger partial charge in [0.1, 0.15) is 0 Å². The minimum atomic E-state index is -1.26. The monoisotopic (exact) mass is 630 g/mol. The van der Waals surface area contributed by atoms with Gasteiger partial charge in [0, 0.05) is 30.8 Å². The molecule has 0 N–H and O–H groups in total. The molecule has 0 spiro atoms. The minimum absolute atomic E-state index is 0. The quantitative estimate of drug-likeness (QED) is 0.124. The summed E-state index contributed by atoms with van der Waals surface area (Å²) in [4.78, 5) is 46.6. The Bertz CT molecular complexity index is 493. The van der Waals surface area contributed by atoms with Crippen molar-refractivity contribution >= 4 is 29.8 Å². The van der Waals surface area contributed by atoms with Crippen molar-refractivity contribution in [3.8, 4) is 0 Å². The molecule has 0 aliphatic rings. The van der Waals surface area contributed by atoms with Gasteiger partial charge in [-0.25, -0.2) is 0 Å². The molecular formula is C24H44O13Zr. The van der Waals surface area contributed by atoms with E-state index in [2.05, 4.69) is 20.8 Å². The number of carbonyl (C=O) groups is 5. The van der Waals surface area contributed by atoms with Gasteiger partial charge in [-0.1, -0.05) is 40.0 Å². The fourth-order valence-electron chi connectivity index (χ4n) is 1.56. The van der Waals surface area contributed by atoms with Gasteiger partial charge in [-0.2, -0.15) is 0 Å². The molecule has 0 unspecified atom stereocenters. The fourth-order valence-corrected chi connectivity index (χ4v) is 1.56. The number of rotatable bonds is 14. The molecule has 0 fully saturated rings. The number of ether oxygens (including phenoxy) is 4. The first-order valence-electron chi connectivity index (χ1n) is 11.8. The summed E-state index contributed by atoms with van der Waals surface area (Å²) in [5, 5.41) is 35.6. The van der Waals surface area contributed by atoms with Crippen LogP contribution in [0.2, 0.25) is 0 Å². The Labute approximate surface area is 245 Å². The molecule has 0 aliphatic heterocycles. The molecule has 0 amide bonds. The van der Waals surface area contributed by atoms with Crippen LogP contribution in [0.1, 0.15) is 93.9 Å². The molecule has 222 valence electrons. The molecule has 38 heavy (non-hydrogen) atoms. The van der Waals surface area contributed by atoms with E-state index in [9.17, 15) is 4.79 Å². The number of unbranched alkanes of at least 4 members (excludes halogenated alkanes) is 3. The molecule has 0 bridgehead atoms. The van der Waals surface area contributed by atoms with Crippen molar-refractivity contribution in [2.45, 2.75) is 99.9 Å². The van der Waals surface area contributed by atoms with Crippen molar-refractivity contribution in [2.24, 2.45) is 0 Å². The van der Waals surface area contributed by atoms with E-state index in [1.165, 1.54) is 6.92 Å². The van der Waals surface area contributed by atoms with E-state index in [-0.39, 0.29) is 38.8 Å². The van der Waals surface area contributed by atoms with Gasteiger partial charge >= 0.3 is 38.1 Å². The molecule has 0 atom stereocenters. The van der Waals surface area contributed by atoms with Gasteiger partial charge in [0.15, 0.2) is 6.61 Å². The third-order valence-electron chi connectivity index (χ3n) is 2.91. The number of carboxylic acid groups (broad SMARTS) is 4. The van der Waals surface area contributed by atoms with E-state index in [0.717, 1.165) is 66.2 Å². The Morgan fingerprint density at radius 2 is 0.763 bits per heavy atom. The second kappa shape index (κ2) is 37.3. The van der Waals surface area contributed by atoms with Crippen molar-refractivity contribution in [1.29, 1.82) is 0 Å². The van der Waals surface area contributed by atoms with Gasteiger partial charge in [0.25, 0.3) is 0 Å². The molecule has 0 aromatic heterocycles. The summed E-state index contributed by atoms with van der Waals surface area (Å²) in [5.41, 5.74) is 0. The van der Waals surface area contributed by atoms with Crippen LogP contribution in [0.15, 0.2) is 0 Å². The molecule has 0 aromatic rings. The van der Waals surface area contributed by atoms with Gasteiger partial charge < -0.3 is 58.6 Å². The van der Waals surface area contributed by atoms with Crippen LogP contribution < -0.4 is 20.4 Å². The molecule has 14 heteroatoms. The van der Waals surface area contributed by atoms with Gasteiger partial charge in [-0.3, -0.25) is 4.79 Å². The summed E-state index contributed by atoms with van der Waals surface area (Å²) in [6.07, 6.45) is 5.80. The second-order valence-corrected chi connectivity index (χ2v) is 7.04. The molecule has 0 aliphatic carbocycles. The van der Waals surface area contributed by atoms with Crippen molar-refractivity contribution < 1.29 is 89.5 Å². The third kappa shape index (κ3) is 76.5. The first-order chi connectivity index (χ1) is 17.0. The van der Waals surface area contributed by atoms with Crippen molar-refractivity contribution in [2.75, 3.05) is 26.4 Å². The Kier molecular flexibility index (Phi) is 48.2. The summed E-state index contributed by atoms with van der Waals surface area (Å²) in [6.45, 7) is 13.1. The molecule has 0 radical (unpaired) electrons.